The van der Waals surface area contributed by atoms with Gasteiger partial charge in [0.2, 0.25) is 11.8 Å². The molecule has 8 nitrogen and oxygen atoms in total. The largest absolute Gasteiger partial charge is 0.420 e. The van der Waals surface area contributed by atoms with Crippen LogP contribution >= 0.6 is 0 Å². The number of hydrogen-bond donors (Lipinski definition) is 1. The second-order valence-electron chi connectivity index (χ2n) is 6.96. The fourth-order valence-electron chi connectivity index (χ4n) is 3.18. The minimum absolute atomic E-state index is 0.0144. The zero-order chi connectivity index (χ0) is 19.4. The summed E-state index contributed by atoms with van der Waals surface area (Å²) in [5.74, 6) is -0.627. The molecule has 0 spiro atoms. The van der Waals surface area contributed by atoms with Gasteiger partial charge in [-0.15, -0.1) is 0 Å². The number of hydrogen-bond acceptors (Lipinski definition) is 5. The third-order valence-electron chi connectivity index (χ3n) is 4.98. The van der Waals surface area contributed by atoms with Crippen LogP contribution in [0.1, 0.15) is 20.3 Å². The van der Waals surface area contributed by atoms with Crippen molar-refractivity contribution in [2.45, 2.75) is 32.9 Å². The molecule has 1 aliphatic rings. The number of carbonyl (C=O) groups is 2. The van der Waals surface area contributed by atoms with Gasteiger partial charge in [0.05, 0.1) is 12.1 Å². The number of benzene rings is 1. The zero-order valence-corrected chi connectivity index (χ0v) is 15.8. The van der Waals surface area contributed by atoms with Gasteiger partial charge >= 0.3 is 5.76 Å². The van der Waals surface area contributed by atoms with Gasteiger partial charge in [0.15, 0.2) is 5.58 Å². The van der Waals surface area contributed by atoms with Crippen LogP contribution in [0.15, 0.2) is 33.5 Å². The lowest BCUT2D eigenvalue weighted by Gasteiger charge is -2.34. The van der Waals surface area contributed by atoms with Crippen LogP contribution in [0, 0.1) is 0 Å². The number of carbonyl (C=O) groups excluding carboxylic acids is 2. The van der Waals surface area contributed by atoms with E-state index in [2.05, 4.69) is 5.32 Å². The number of rotatable bonds is 6. The first-order valence-electron chi connectivity index (χ1n) is 9.35. The lowest BCUT2D eigenvalue weighted by Crippen LogP contribution is -2.52. The predicted molar refractivity (Wildman–Crippen MR) is 101 cm³/mol. The highest BCUT2D eigenvalue weighted by Crippen LogP contribution is 2.12. The molecule has 1 aliphatic heterocycles. The second kappa shape index (κ2) is 8.39. The Bertz CT molecular complexity index is 864. The summed E-state index contributed by atoms with van der Waals surface area (Å²) in [6, 6.07) is 7.24. The maximum Gasteiger partial charge on any atom is 0.420 e. The first-order valence-corrected chi connectivity index (χ1v) is 9.35. The van der Waals surface area contributed by atoms with Crippen molar-refractivity contribution in [3.8, 4) is 0 Å². The van der Waals surface area contributed by atoms with Crippen molar-refractivity contribution < 1.29 is 14.0 Å². The maximum atomic E-state index is 12.6. The molecule has 1 aromatic carbocycles. The van der Waals surface area contributed by atoms with E-state index in [-0.39, 0.29) is 24.4 Å². The molecule has 2 heterocycles. The quantitative estimate of drug-likeness (QED) is 0.802. The number of aromatic nitrogens is 1. The van der Waals surface area contributed by atoms with Gasteiger partial charge in [0.25, 0.3) is 0 Å². The molecule has 0 radical (unpaired) electrons. The van der Waals surface area contributed by atoms with Gasteiger partial charge in [-0.2, -0.15) is 0 Å². The molecule has 1 atom stereocenters. The van der Waals surface area contributed by atoms with Crippen molar-refractivity contribution in [1.29, 1.82) is 0 Å². The molecular formula is C19H26N4O4. The fourth-order valence-corrected chi connectivity index (χ4v) is 3.18. The summed E-state index contributed by atoms with van der Waals surface area (Å²) < 4.78 is 6.54. The van der Waals surface area contributed by atoms with Gasteiger partial charge in [-0.1, -0.05) is 19.1 Å². The van der Waals surface area contributed by atoms with Crippen molar-refractivity contribution in [1.82, 2.24) is 19.7 Å². The molecule has 0 aliphatic carbocycles. The van der Waals surface area contributed by atoms with Crippen LogP contribution in [0.4, 0.5) is 0 Å². The summed E-state index contributed by atoms with van der Waals surface area (Å²) in [6.07, 6.45) is 0.899. The van der Waals surface area contributed by atoms with Gasteiger partial charge in [0.1, 0.15) is 6.54 Å². The number of oxazole rings is 1. The van der Waals surface area contributed by atoms with Crippen LogP contribution in [-0.4, -0.2) is 64.9 Å². The molecule has 27 heavy (non-hydrogen) atoms. The first kappa shape index (κ1) is 19.2. The summed E-state index contributed by atoms with van der Waals surface area (Å²) in [4.78, 5) is 40.4. The van der Waals surface area contributed by atoms with Gasteiger partial charge in [-0.3, -0.25) is 19.1 Å². The molecule has 0 saturated carbocycles. The number of para-hydroxylation sites is 2. The van der Waals surface area contributed by atoms with Crippen molar-refractivity contribution >= 4 is 22.9 Å². The van der Waals surface area contributed by atoms with Crippen LogP contribution < -0.4 is 11.1 Å². The molecular weight excluding hydrogens is 348 g/mol. The zero-order valence-electron chi connectivity index (χ0n) is 15.8. The lowest BCUT2D eigenvalue weighted by molar-refractivity contribution is -0.134. The van der Waals surface area contributed by atoms with E-state index in [1.807, 2.05) is 24.8 Å². The van der Waals surface area contributed by atoms with E-state index in [4.69, 9.17) is 4.42 Å². The van der Waals surface area contributed by atoms with Crippen molar-refractivity contribution in [2.75, 3.05) is 32.7 Å². The normalized spacial score (nSPS) is 16.4. The molecule has 8 heteroatoms. The van der Waals surface area contributed by atoms with Crippen molar-refractivity contribution in [3.05, 3.63) is 34.8 Å². The lowest BCUT2D eigenvalue weighted by atomic mass is 10.2. The van der Waals surface area contributed by atoms with Gasteiger partial charge in [-0.25, -0.2) is 4.79 Å². The molecule has 1 unspecified atom stereocenters. The highest BCUT2D eigenvalue weighted by atomic mass is 16.4. The Morgan fingerprint density at radius 1 is 1.15 bits per heavy atom. The Kier molecular flexibility index (Phi) is 5.95. The van der Waals surface area contributed by atoms with Crippen molar-refractivity contribution in [3.63, 3.8) is 0 Å². The molecule has 1 aromatic heterocycles. The van der Waals surface area contributed by atoms with Crippen LogP contribution in [-0.2, 0) is 16.1 Å². The number of nitrogens with one attached hydrogen (secondary N) is 1. The minimum Gasteiger partial charge on any atom is -0.408 e. The summed E-state index contributed by atoms with van der Waals surface area (Å²) in [6.45, 7) is 6.68. The Morgan fingerprint density at radius 3 is 2.56 bits per heavy atom. The SMILES string of the molecule is CCC(C)NC(=O)CN1CCN(C(=O)Cn2c(=O)oc3ccccc32)CC1. The molecule has 3 rings (SSSR count). The van der Waals surface area contributed by atoms with Gasteiger partial charge < -0.3 is 14.6 Å². The molecule has 146 valence electrons. The second-order valence-corrected chi connectivity index (χ2v) is 6.96. The van der Waals surface area contributed by atoms with Crippen LogP contribution in [0.3, 0.4) is 0 Å². The third kappa shape index (κ3) is 4.57. The van der Waals surface area contributed by atoms with E-state index in [0.29, 0.717) is 43.8 Å². The van der Waals surface area contributed by atoms with E-state index in [0.717, 1.165) is 6.42 Å². The summed E-state index contributed by atoms with van der Waals surface area (Å²) in [7, 11) is 0. The number of amides is 2. The summed E-state index contributed by atoms with van der Waals surface area (Å²) in [5, 5.41) is 2.95. The molecule has 2 amide bonds. The predicted octanol–water partition coefficient (Wildman–Crippen LogP) is 0.653. The number of nitrogens with zero attached hydrogens (tertiary/aromatic N) is 3. The highest BCUT2D eigenvalue weighted by molar-refractivity contribution is 5.80. The number of piperazine rings is 1. The Balaban J connectivity index is 1.53. The van der Waals surface area contributed by atoms with Crippen molar-refractivity contribution in [2.24, 2.45) is 0 Å². The van der Waals surface area contributed by atoms with E-state index in [1.54, 1.807) is 23.1 Å². The topological polar surface area (TPSA) is 87.8 Å². The third-order valence-corrected chi connectivity index (χ3v) is 4.98. The number of fused-ring (bicyclic) bond motifs is 1. The van der Waals surface area contributed by atoms with E-state index >= 15 is 0 Å². The van der Waals surface area contributed by atoms with E-state index in [1.165, 1.54) is 4.57 Å². The highest BCUT2D eigenvalue weighted by Gasteiger charge is 2.24. The minimum atomic E-state index is -0.523. The summed E-state index contributed by atoms with van der Waals surface area (Å²) in [5.41, 5.74) is 1.10. The Hall–Kier alpha value is -2.61. The van der Waals surface area contributed by atoms with Crippen LogP contribution in [0.25, 0.3) is 11.1 Å². The van der Waals surface area contributed by atoms with E-state index in [9.17, 15) is 14.4 Å². The van der Waals surface area contributed by atoms with Gasteiger partial charge in [0, 0.05) is 32.2 Å². The average Bonchev–Trinajstić information content (AvgIpc) is 2.97. The molecule has 1 N–H and O–H groups in total. The van der Waals surface area contributed by atoms with Crippen LogP contribution in [0.5, 0.6) is 0 Å². The Morgan fingerprint density at radius 2 is 1.85 bits per heavy atom. The monoisotopic (exact) mass is 374 g/mol. The first-order chi connectivity index (χ1) is 13.0. The molecule has 1 saturated heterocycles. The smallest absolute Gasteiger partial charge is 0.408 e. The van der Waals surface area contributed by atoms with E-state index < -0.39 is 5.76 Å². The standard InChI is InChI=1S/C19H26N4O4/c1-3-14(2)20-17(24)12-21-8-10-22(11-9-21)18(25)13-23-15-6-4-5-7-16(15)27-19(23)26/h4-7,14H,3,8-13H2,1-2H3,(H,20,24). The average molecular weight is 374 g/mol. The maximum absolute atomic E-state index is 12.6. The molecule has 0 bridgehead atoms. The fraction of sp³-hybridized carbons (Fsp3) is 0.526. The van der Waals surface area contributed by atoms with Crippen LogP contribution in [0.2, 0.25) is 0 Å². The molecule has 2 aromatic rings. The molecule has 1 fully saturated rings. The van der Waals surface area contributed by atoms with Gasteiger partial charge in [-0.05, 0) is 25.5 Å². The summed E-state index contributed by atoms with van der Waals surface area (Å²) >= 11 is 0. The Labute approximate surface area is 157 Å².